The SMILES string of the molecule is CCNC(c1ccc2c(c1)CCC2)C(F)(F)C(F)F. The van der Waals surface area contributed by atoms with Crippen LogP contribution >= 0.6 is 0 Å². The Morgan fingerprint density at radius 1 is 1.21 bits per heavy atom. The van der Waals surface area contributed by atoms with Crippen molar-refractivity contribution in [3.63, 3.8) is 0 Å². The lowest BCUT2D eigenvalue weighted by Crippen LogP contribution is -2.42. The summed E-state index contributed by atoms with van der Waals surface area (Å²) in [7, 11) is 0. The van der Waals surface area contributed by atoms with Gasteiger partial charge in [0.2, 0.25) is 0 Å². The normalized spacial score (nSPS) is 16.7. The van der Waals surface area contributed by atoms with Crippen LogP contribution in [0.2, 0.25) is 0 Å². The van der Waals surface area contributed by atoms with Crippen LogP contribution in [-0.2, 0) is 12.8 Å². The van der Waals surface area contributed by atoms with Gasteiger partial charge < -0.3 is 5.32 Å². The molecule has 0 saturated heterocycles. The van der Waals surface area contributed by atoms with E-state index in [9.17, 15) is 17.6 Å². The standard InChI is InChI=1S/C14H17F4N/c1-2-19-12(14(17,18)13(15)16)11-7-6-9-4-3-5-10(9)8-11/h6-8,12-13,19H,2-5H2,1H3. The van der Waals surface area contributed by atoms with Gasteiger partial charge in [-0.2, -0.15) is 8.78 Å². The first-order chi connectivity index (χ1) is 8.96. The number of rotatable bonds is 5. The number of alkyl halides is 4. The van der Waals surface area contributed by atoms with Crippen molar-refractivity contribution in [1.29, 1.82) is 0 Å². The van der Waals surface area contributed by atoms with Crippen molar-refractivity contribution in [3.05, 3.63) is 34.9 Å². The van der Waals surface area contributed by atoms with Crippen LogP contribution in [0.1, 0.15) is 36.1 Å². The van der Waals surface area contributed by atoms with Gasteiger partial charge in [0.05, 0.1) is 0 Å². The molecule has 1 aliphatic carbocycles. The lowest BCUT2D eigenvalue weighted by molar-refractivity contribution is -0.151. The van der Waals surface area contributed by atoms with E-state index in [-0.39, 0.29) is 12.1 Å². The number of aryl methyl sites for hydroxylation is 2. The third-order valence-electron chi connectivity index (χ3n) is 3.54. The molecule has 0 aromatic heterocycles. The van der Waals surface area contributed by atoms with Gasteiger partial charge in [-0.05, 0) is 42.5 Å². The van der Waals surface area contributed by atoms with Crippen molar-refractivity contribution in [1.82, 2.24) is 5.32 Å². The highest BCUT2D eigenvalue weighted by Gasteiger charge is 2.49. The summed E-state index contributed by atoms with van der Waals surface area (Å²) in [6.07, 6.45) is -0.907. The first-order valence-corrected chi connectivity index (χ1v) is 6.47. The van der Waals surface area contributed by atoms with Crippen LogP contribution in [-0.4, -0.2) is 18.9 Å². The Bertz CT molecular complexity index is 445. The van der Waals surface area contributed by atoms with Gasteiger partial charge in [0.15, 0.2) is 0 Å². The molecular weight excluding hydrogens is 258 g/mol. The molecule has 0 radical (unpaired) electrons. The van der Waals surface area contributed by atoms with Gasteiger partial charge in [-0.1, -0.05) is 25.1 Å². The zero-order valence-corrected chi connectivity index (χ0v) is 10.7. The minimum Gasteiger partial charge on any atom is -0.305 e. The van der Waals surface area contributed by atoms with Crippen LogP contribution in [0.5, 0.6) is 0 Å². The summed E-state index contributed by atoms with van der Waals surface area (Å²) >= 11 is 0. The van der Waals surface area contributed by atoms with Crippen molar-refractivity contribution in [2.75, 3.05) is 6.54 Å². The van der Waals surface area contributed by atoms with E-state index in [1.54, 1.807) is 19.1 Å². The van der Waals surface area contributed by atoms with E-state index in [0.29, 0.717) is 0 Å². The van der Waals surface area contributed by atoms with Crippen LogP contribution < -0.4 is 5.32 Å². The van der Waals surface area contributed by atoms with Crippen molar-refractivity contribution in [2.45, 2.75) is 44.6 Å². The molecule has 1 N–H and O–H groups in total. The van der Waals surface area contributed by atoms with E-state index < -0.39 is 18.4 Å². The van der Waals surface area contributed by atoms with E-state index >= 15 is 0 Å². The monoisotopic (exact) mass is 275 g/mol. The summed E-state index contributed by atoms with van der Waals surface area (Å²) in [5, 5.41) is 2.48. The quantitative estimate of drug-likeness (QED) is 0.807. The summed E-state index contributed by atoms with van der Waals surface area (Å²) < 4.78 is 52.4. The van der Waals surface area contributed by atoms with Gasteiger partial charge in [0, 0.05) is 0 Å². The minimum atomic E-state index is -4.07. The molecule has 0 spiro atoms. The Hall–Kier alpha value is -1.10. The highest BCUT2D eigenvalue weighted by molar-refractivity contribution is 5.37. The largest absolute Gasteiger partial charge is 0.326 e. The molecule has 1 aromatic carbocycles. The lowest BCUT2D eigenvalue weighted by atomic mass is 9.97. The average molecular weight is 275 g/mol. The molecule has 19 heavy (non-hydrogen) atoms. The number of hydrogen-bond donors (Lipinski definition) is 1. The highest BCUT2D eigenvalue weighted by Crippen LogP contribution is 2.38. The number of halogens is 4. The molecule has 2 rings (SSSR count). The second kappa shape index (κ2) is 5.49. The Labute approximate surface area is 110 Å². The number of fused-ring (bicyclic) bond motifs is 1. The molecule has 106 valence electrons. The summed E-state index contributed by atoms with van der Waals surface area (Å²) in [5.74, 6) is -4.07. The Morgan fingerprint density at radius 2 is 1.89 bits per heavy atom. The third kappa shape index (κ3) is 2.76. The fourth-order valence-corrected chi connectivity index (χ4v) is 2.58. The zero-order valence-electron chi connectivity index (χ0n) is 10.7. The van der Waals surface area contributed by atoms with E-state index in [0.717, 1.165) is 30.4 Å². The summed E-state index contributed by atoms with van der Waals surface area (Å²) in [6.45, 7) is 1.84. The van der Waals surface area contributed by atoms with Gasteiger partial charge in [-0.25, -0.2) is 8.78 Å². The molecule has 0 bridgehead atoms. The van der Waals surface area contributed by atoms with E-state index in [1.165, 1.54) is 6.07 Å². The molecule has 1 aliphatic rings. The van der Waals surface area contributed by atoms with E-state index in [4.69, 9.17) is 0 Å². The molecule has 0 fully saturated rings. The van der Waals surface area contributed by atoms with E-state index in [2.05, 4.69) is 5.32 Å². The molecule has 0 aliphatic heterocycles. The van der Waals surface area contributed by atoms with Gasteiger partial charge in [0.25, 0.3) is 0 Å². The first-order valence-electron chi connectivity index (χ1n) is 6.47. The minimum absolute atomic E-state index is 0.212. The van der Waals surface area contributed by atoms with E-state index in [1.807, 2.05) is 0 Å². The number of hydrogen-bond acceptors (Lipinski definition) is 1. The predicted molar refractivity (Wildman–Crippen MR) is 65.8 cm³/mol. The summed E-state index contributed by atoms with van der Waals surface area (Å²) in [4.78, 5) is 0. The smallest absolute Gasteiger partial charge is 0.305 e. The van der Waals surface area contributed by atoms with Crippen LogP contribution in [0, 0.1) is 0 Å². The number of nitrogens with one attached hydrogen (secondary N) is 1. The predicted octanol–water partition coefficient (Wildman–Crippen LogP) is 3.73. The molecule has 0 amide bonds. The molecular formula is C14H17F4N. The van der Waals surface area contributed by atoms with Crippen LogP contribution in [0.3, 0.4) is 0 Å². The Morgan fingerprint density at radius 3 is 2.53 bits per heavy atom. The van der Waals surface area contributed by atoms with Crippen molar-refractivity contribution in [3.8, 4) is 0 Å². The molecule has 5 heteroatoms. The molecule has 1 nitrogen and oxygen atoms in total. The summed E-state index contributed by atoms with van der Waals surface area (Å²) in [5.41, 5.74) is 2.39. The molecule has 1 aromatic rings. The van der Waals surface area contributed by atoms with Gasteiger partial charge in [0.1, 0.15) is 6.04 Å². The first kappa shape index (κ1) is 14.3. The van der Waals surface area contributed by atoms with Crippen molar-refractivity contribution in [2.24, 2.45) is 0 Å². The fourth-order valence-electron chi connectivity index (χ4n) is 2.58. The van der Waals surface area contributed by atoms with Gasteiger partial charge in [-0.15, -0.1) is 0 Å². The van der Waals surface area contributed by atoms with Crippen LogP contribution in [0.15, 0.2) is 18.2 Å². The van der Waals surface area contributed by atoms with Gasteiger partial charge >= 0.3 is 12.3 Å². The van der Waals surface area contributed by atoms with Gasteiger partial charge in [-0.3, -0.25) is 0 Å². The topological polar surface area (TPSA) is 12.0 Å². The maximum absolute atomic E-state index is 13.6. The maximum Gasteiger partial charge on any atom is 0.326 e. The average Bonchev–Trinajstić information content (AvgIpc) is 2.82. The Kier molecular flexibility index (Phi) is 4.13. The summed E-state index contributed by atoms with van der Waals surface area (Å²) in [6, 6.07) is 3.33. The van der Waals surface area contributed by atoms with Crippen LogP contribution in [0.25, 0.3) is 0 Å². The highest BCUT2D eigenvalue weighted by atomic mass is 19.3. The Balaban J connectivity index is 2.34. The maximum atomic E-state index is 13.6. The molecule has 0 saturated carbocycles. The molecule has 1 atom stereocenters. The van der Waals surface area contributed by atoms with Crippen molar-refractivity contribution >= 4 is 0 Å². The van der Waals surface area contributed by atoms with Crippen LogP contribution in [0.4, 0.5) is 17.6 Å². The zero-order chi connectivity index (χ0) is 14.0. The van der Waals surface area contributed by atoms with Crippen molar-refractivity contribution < 1.29 is 17.6 Å². The fraction of sp³-hybridized carbons (Fsp3) is 0.571. The number of benzene rings is 1. The second-order valence-corrected chi connectivity index (χ2v) is 4.85. The third-order valence-corrected chi connectivity index (χ3v) is 3.54. The lowest BCUT2D eigenvalue weighted by Gasteiger charge is -2.27. The molecule has 0 heterocycles. The molecule has 1 unspecified atom stereocenters. The second-order valence-electron chi connectivity index (χ2n) is 4.85.